The molecule has 1 amide bonds. The molecule has 1 aromatic rings. The number of carbonyl (C=O) groups excluding carboxylic acids is 1. The highest BCUT2D eigenvalue weighted by Gasteiger charge is 2.46. The molecule has 0 radical (unpaired) electrons. The number of likely N-dealkylation sites (N-methyl/N-ethyl adjacent to an activating group) is 1. The molecule has 3 rings (SSSR count). The molecule has 0 unspecified atom stereocenters. The minimum atomic E-state index is -0.0668. The number of aromatic nitrogens is 2. The number of aryl methyl sites for hydroxylation is 1. The molecular formula is C16H26N4O3S. The van der Waals surface area contributed by atoms with E-state index in [9.17, 15) is 4.79 Å². The average Bonchev–Trinajstić information content (AvgIpc) is 3.00. The number of hydrogen-bond donors (Lipinski definition) is 0. The van der Waals surface area contributed by atoms with Gasteiger partial charge < -0.3 is 19.3 Å². The Balaban J connectivity index is 1.68. The van der Waals surface area contributed by atoms with E-state index in [4.69, 9.17) is 9.47 Å². The van der Waals surface area contributed by atoms with Crippen LogP contribution in [0.25, 0.3) is 0 Å². The van der Waals surface area contributed by atoms with Gasteiger partial charge in [-0.3, -0.25) is 4.79 Å². The van der Waals surface area contributed by atoms with Gasteiger partial charge in [0.15, 0.2) is 0 Å². The van der Waals surface area contributed by atoms with Crippen LogP contribution in [0.3, 0.4) is 0 Å². The summed E-state index contributed by atoms with van der Waals surface area (Å²) >= 11 is 1.63. The molecule has 134 valence electrons. The van der Waals surface area contributed by atoms with E-state index in [1.165, 1.54) is 0 Å². The summed E-state index contributed by atoms with van der Waals surface area (Å²) in [6, 6.07) is 0. The maximum absolute atomic E-state index is 11.8. The molecule has 2 aliphatic rings. The van der Waals surface area contributed by atoms with E-state index in [0.29, 0.717) is 6.61 Å². The predicted octanol–water partition coefficient (Wildman–Crippen LogP) is 1.33. The van der Waals surface area contributed by atoms with Crippen molar-refractivity contribution in [1.29, 1.82) is 0 Å². The summed E-state index contributed by atoms with van der Waals surface area (Å²) < 4.78 is 11.9. The second-order valence-corrected chi connectivity index (χ2v) is 8.08. The Morgan fingerprint density at radius 1 is 1.50 bits per heavy atom. The van der Waals surface area contributed by atoms with Gasteiger partial charge in [-0.05, 0) is 26.2 Å². The van der Waals surface area contributed by atoms with E-state index >= 15 is 0 Å². The molecule has 0 saturated carbocycles. The summed E-state index contributed by atoms with van der Waals surface area (Å²) in [6.45, 7) is 5.25. The van der Waals surface area contributed by atoms with Gasteiger partial charge in [0, 0.05) is 39.2 Å². The highest BCUT2D eigenvalue weighted by atomic mass is 32.1. The van der Waals surface area contributed by atoms with Gasteiger partial charge in [-0.15, -0.1) is 10.2 Å². The number of amides is 1. The number of carbonyl (C=O) groups is 1. The molecule has 0 aromatic carbocycles. The monoisotopic (exact) mass is 354 g/mol. The van der Waals surface area contributed by atoms with E-state index in [1.807, 2.05) is 6.92 Å². The number of nitrogens with zero attached hydrogens (tertiary/aromatic N) is 4. The highest BCUT2D eigenvalue weighted by Crippen LogP contribution is 2.42. The Kier molecular flexibility index (Phi) is 5.36. The quantitative estimate of drug-likeness (QED) is 0.795. The molecular weight excluding hydrogens is 328 g/mol. The highest BCUT2D eigenvalue weighted by molar-refractivity contribution is 7.15. The lowest BCUT2D eigenvalue weighted by Crippen LogP contribution is -2.57. The average molecular weight is 354 g/mol. The van der Waals surface area contributed by atoms with Crippen molar-refractivity contribution < 1.29 is 14.3 Å². The van der Waals surface area contributed by atoms with Crippen LogP contribution in [0, 0.1) is 12.3 Å². The van der Waals surface area contributed by atoms with Crippen LogP contribution in [0.4, 0.5) is 5.13 Å². The Morgan fingerprint density at radius 2 is 2.33 bits per heavy atom. The van der Waals surface area contributed by atoms with E-state index in [-0.39, 0.29) is 24.0 Å². The molecule has 24 heavy (non-hydrogen) atoms. The molecule has 8 heteroatoms. The molecule has 3 heterocycles. The summed E-state index contributed by atoms with van der Waals surface area (Å²) in [6.07, 6.45) is 3.25. The Bertz CT molecular complexity index is 579. The molecule has 2 atom stereocenters. The van der Waals surface area contributed by atoms with Crippen LogP contribution in [-0.4, -0.2) is 74.1 Å². The fourth-order valence-electron chi connectivity index (χ4n) is 3.55. The SMILES string of the molecule is Cc1nnc(N2CC[C@H]3OCCC[C@]3(COCC(=O)N(C)C)C2)s1. The molecule has 0 aliphatic carbocycles. The van der Waals surface area contributed by atoms with Gasteiger partial charge in [0.2, 0.25) is 11.0 Å². The minimum absolute atomic E-state index is 0.00732. The van der Waals surface area contributed by atoms with Crippen molar-refractivity contribution in [3.8, 4) is 0 Å². The molecule has 2 aliphatic heterocycles. The third kappa shape index (κ3) is 3.70. The van der Waals surface area contributed by atoms with E-state index in [0.717, 1.165) is 49.1 Å². The van der Waals surface area contributed by atoms with Crippen LogP contribution in [0.15, 0.2) is 0 Å². The number of hydrogen-bond acceptors (Lipinski definition) is 7. The topological polar surface area (TPSA) is 67.8 Å². The maximum Gasteiger partial charge on any atom is 0.248 e. The van der Waals surface area contributed by atoms with Crippen LogP contribution in [0.5, 0.6) is 0 Å². The first-order chi connectivity index (χ1) is 11.5. The maximum atomic E-state index is 11.8. The van der Waals surface area contributed by atoms with Crippen LogP contribution >= 0.6 is 11.3 Å². The third-order valence-electron chi connectivity index (χ3n) is 4.89. The van der Waals surface area contributed by atoms with Gasteiger partial charge in [0.1, 0.15) is 11.6 Å². The second kappa shape index (κ2) is 7.33. The van der Waals surface area contributed by atoms with E-state index < -0.39 is 0 Å². The van der Waals surface area contributed by atoms with Crippen LogP contribution in [0.1, 0.15) is 24.3 Å². The molecule has 0 bridgehead atoms. The largest absolute Gasteiger partial charge is 0.377 e. The first-order valence-corrected chi connectivity index (χ1v) is 9.26. The summed E-state index contributed by atoms with van der Waals surface area (Å²) in [5, 5.41) is 10.4. The van der Waals surface area contributed by atoms with Crippen molar-refractivity contribution in [3.63, 3.8) is 0 Å². The fraction of sp³-hybridized carbons (Fsp3) is 0.812. The lowest BCUT2D eigenvalue weighted by Gasteiger charge is -2.50. The minimum Gasteiger partial charge on any atom is -0.377 e. The Hall–Kier alpha value is -1.25. The van der Waals surface area contributed by atoms with Crippen molar-refractivity contribution >= 4 is 22.4 Å². The molecule has 0 N–H and O–H groups in total. The lowest BCUT2D eigenvalue weighted by molar-refractivity contribution is -0.144. The number of rotatable bonds is 5. The Morgan fingerprint density at radius 3 is 3.04 bits per heavy atom. The Labute approximate surface area is 146 Å². The molecule has 0 spiro atoms. The van der Waals surface area contributed by atoms with Gasteiger partial charge in [-0.25, -0.2) is 0 Å². The summed E-state index contributed by atoms with van der Waals surface area (Å²) in [4.78, 5) is 15.6. The number of fused-ring (bicyclic) bond motifs is 1. The van der Waals surface area contributed by atoms with Crippen molar-refractivity contribution in [2.75, 3.05) is 51.9 Å². The van der Waals surface area contributed by atoms with Crippen LogP contribution in [0.2, 0.25) is 0 Å². The second-order valence-electron chi connectivity index (χ2n) is 6.92. The fourth-order valence-corrected chi connectivity index (χ4v) is 4.26. The normalized spacial score (nSPS) is 27.0. The summed E-state index contributed by atoms with van der Waals surface area (Å²) in [7, 11) is 3.49. The van der Waals surface area contributed by atoms with Gasteiger partial charge in [-0.1, -0.05) is 11.3 Å². The van der Waals surface area contributed by atoms with E-state index in [1.54, 1.807) is 30.3 Å². The molecule has 2 saturated heterocycles. The van der Waals surface area contributed by atoms with Crippen molar-refractivity contribution in [3.05, 3.63) is 5.01 Å². The zero-order valence-corrected chi connectivity index (χ0v) is 15.5. The summed E-state index contributed by atoms with van der Waals surface area (Å²) in [5.74, 6) is -0.00732. The molecule has 2 fully saturated rings. The third-order valence-corrected chi connectivity index (χ3v) is 5.79. The molecule has 1 aromatic heterocycles. The standard InChI is InChI=1S/C16H26N4O3S/c1-12-17-18-15(24-12)20-7-5-13-16(10-20,6-4-8-23-13)11-22-9-14(21)19(2)3/h13H,4-11H2,1-3H3/t13-,16-/m1/s1. The zero-order valence-electron chi connectivity index (χ0n) is 14.7. The van der Waals surface area contributed by atoms with Gasteiger partial charge in [0.05, 0.1) is 12.7 Å². The number of anilines is 1. The van der Waals surface area contributed by atoms with Gasteiger partial charge in [0.25, 0.3) is 0 Å². The van der Waals surface area contributed by atoms with Gasteiger partial charge in [-0.2, -0.15) is 0 Å². The van der Waals surface area contributed by atoms with Crippen molar-refractivity contribution in [2.24, 2.45) is 5.41 Å². The van der Waals surface area contributed by atoms with Crippen LogP contribution in [-0.2, 0) is 14.3 Å². The lowest BCUT2D eigenvalue weighted by atomic mass is 9.73. The van der Waals surface area contributed by atoms with Crippen molar-refractivity contribution in [1.82, 2.24) is 15.1 Å². The smallest absolute Gasteiger partial charge is 0.248 e. The first kappa shape index (κ1) is 17.6. The van der Waals surface area contributed by atoms with Gasteiger partial charge >= 0.3 is 0 Å². The molecule has 7 nitrogen and oxygen atoms in total. The summed E-state index contributed by atoms with van der Waals surface area (Å²) in [5.41, 5.74) is -0.0668. The van der Waals surface area contributed by atoms with E-state index in [2.05, 4.69) is 15.1 Å². The van der Waals surface area contributed by atoms with Crippen LogP contribution < -0.4 is 4.90 Å². The first-order valence-electron chi connectivity index (χ1n) is 8.45. The number of piperidine rings is 1. The van der Waals surface area contributed by atoms with Crippen molar-refractivity contribution in [2.45, 2.75) is 32.3 Å². The zero-order chi connectivity index (χ0) is 17.2. The predicted molar refractivity (Wildman–Crippen MR) is 92.4 cm³/mol. The number of ether oxygens (including phenoxy) is 2.